The minimum Gasteiger partial charge on any atom is -0.462 e. The van der Waals surface area contributed by atoms with Crippen LogP contribution in [0.4, 0.5) is 13.2 Å². The summed E-state index contributed by atoms with van der Waals surface area (Å²) in [4.78, 5) is 11.5. The smallest absolute Gasteiger partial charge is 0.417 e. The summed E-state index contributed by atoms with van der Waals surface area (Å²) >= 11 is 3.00. The lowest BCUT2D eigenvalue weighted by atomic mass is 9.99. The third-order valence-electron chi connectivity index (χ3n) is 2.29. The first-order valence-electron chi connectivity index (χ1n) is 5.22. The van der Waals surface area contributed by atoms with Crippen molar-refractivity contribution in [1.29, 1.82) is 5.26 Å². The van der Waals surface area contributed by atoms with Gasteiger partial charge >= 0.3 is 12.1 Å². The topological polar surface area (TPSA) is 50.1 Å². The summed E-state index contributed by atoms with van der Waals surface area (Å²) in [6, 6.07) is 3.38. The van der Waals surface area contributed by atoms with E-state index in [-0.39, 0.29) is 23.1 Å². The number of nitrogens with zero attached hydrogens (tertiary/aromatic N) is 1. The van der Waals surface area contributed by atoms with E-state index in [0.717, 1.165) is 0 Å². The van der Waals surface area contributed by atoms with Gasteiger partial charge in [-0.1, -0.05) is 15.9 Å². The van der Waals surface area contributed by atoms with Crippen LogP contribution in [0.25, 0.3) is 0 Å². The lowest BCUT2D eigenvalue weighted by Crippen LogP contribution is -2.13. The molecule has 1 rings (SSSR count). The van der Waals surface area contributed by atoms with Crippen LogP contribution in [0.1, 0.15) is 34.0 Å². The van der Waals surface area contributed by atoms with Gasteiger partial charge in [-0.15, -0.1) is 0 Å². The molecule has 0 fully saturated rings. The van der Waals surface area contributed by atoms with Gasteiger partial charge in [-0.25, -0.2) is 4.79 Å². The number of hydrogen-bond donors (Lipinski definition) is 0. The number of benzene rings is 1. The normalized spacial score (nSPS) is 10.9. The van der Waals surface area contributed by atoms with E-state index >= 15 is 0 Å². The van der Waals surface area contributed by atoms with Gasteiger partial charge in [-0.2, -0.15) is 18.4 Å². The van der Waals surface area contributed by atoms with Crippen LogP contribution >= 0.6 is 15.9 Å². The summed E-state index contributed by atoms with van der Waals surface area (Å²) in [5.41, 5.74) is -1.74. The molecule has 0 unspecified atom stereocenters. The second kappa shape index (κ2) is 6.06. The molecule has 0 spiro atoms. The Balaban J connectivity index is 3.48. The molecule has 0 amide bonds. The predicted octanol–water partition coefficient (Wildman–Crippen LogP) is 3.65. The standard InChI is InChI=1S/C12H9BrF3NO2/c1-2-19-11(18)7-3-8(5-13)9(6-17)10(4-7)12(14,15)16/h3-4H,2,5H2,1H3. The average Bonchev–Trinajstić information content (AvgIpc) is 2.36. The Morgan fingerprint density at radius 3 is 2.53 bits per heavy atom. The molecular formula is C12H9BrF3NO2. The van der Waals surface area contributed by atoms with Crippen molar-refractivity contribution in [1.82, 2.24) is 0 Å². The number of carbonyl (C=O) groups excluding carboxylic acids is 1. The second-order valence-corrected chi connectivity index (χ2v) is 4.08. The summed E-state index contributed by atoms with van der Waals surface area (Å²) in [6.07, 6.45) is -4.70. The molecule has 0 radical (unpaired) electrons. The minimum atomic E-state index is -4.70. The molecule has 0 heterocycles. The average molecular weight is 336 g/mol. The zero-order valence-corrected chi connectivity index (χ0v) is 11.4. The van der Waals surface area contributed by atoms with Crippen LogP contribution < -0.4 is 0 Å². The maximum absolute atomic E-state index is 12.9. The van der Waals surface area contributed by atoms with Gasteiger partial charge in [0, 0.05) is 5.33 Å². The van der Waals surface area contributed by atoms with E-state index in [4.69, 9.17) is 5.26 Å². The third kappa shape index (κ3) is 3.47. The Morgan fingerprint density at radius 2 is 2.11 bits per heavy atom. The number of nitriles is 1. The number of halogens is 4. The Labute approximate surface area is 116 Å². The van der Waals surface area contributed by atoms with Crippen LogP contribution in [0.3, 0.4) is 0 Å². The molecule has 1 aromatic carbocycles. The molecular weight excluding hydrogens is 327 g/mol. The van der Waals surface area contributed by atoms with E-state index in [9.17, 15) is 18.0 Å². The summed E-state index contributed by atoms with van der Waals surface area (Å²) < 4.78 is 43.3. The molecule has 0 saturated carbocycles. The molecule has 0 saturated heterocycles. The van der Waals surface area contributed by atoms with Crippen molar-refractivity contribution in [2.75, 3.05) is 6.61 Å². The first-order valence-corrected chi connectivity index (χ1v) is 6.34. The maximum Gasteiger partial charge on any atom is 0.417 e. The molecule has 0 N–H and O–H groups in total. The van der Waals surface area contributed by atoms with Crippen LogP contribution in [-0.4, -0.2) is 12.6 Å². The van der Waals surface area contributed by atoms with Crippen molar-refractivity contribution in [2.24, 2.45) is 0 Å². The molecule has 0 aliphatic carbocycles. The number of rotatable bonds is 3. The van der Waals surface area contributed by atoms with E-state index in [1.54, 1.807) is 6.92 Å². The van der Waals surface area contributed by atoms with Gasteiger partial charge in [0.2, 0.25) is 0 Å². The number of alkyl halides is 4. The largest absolute Gasteiger partial charge is 0.462 e. The Bertz CT molecular complexity index is 535. The van der Waals surface area contributed by atoms with E-state index in [0.29, 0.717) is 6.07 Å². The lowest BCUT2D eigenvalue weighted by Gasteiger charge is -2.13. The third-order valence-corrected chi connectivity index (χ3v) is 2.90. The van der Waals surface area contributed by atoms with Gasteiger partial charge in [0.1, 0.15) is 6.07 Å². The van der Waals surface area contributed by atoms with Crippen LogP contribution in [0, 0.1) is 11.3 Å². The van der Waals surface area contributed by atoms with Crippen LogP contribution in [0.15, 0.2) is 12.1 Å². The summed E-state index contributed by atoms with van der Waals surface area (Å²) in [5, 5.41) is 8.87. The molecule has 19 heavy (non-hydrogen) atoms. The highest BCUT2D eigenvalue weighted by atomic mass is 79.9. The highest BCUT2D eigenvalue weighted by Crippen LogP contribution is 2.34. The predicted molar refractivity (Wildman–Crippen MR) is 64.7 cm³/mol. The molecule has 0 bridgehead atoms. The Kier molecular flexibility index (Phi) is 4.95. The van der Waals surface area contributed by atoms with Crippen molar-refractivity contribution in [3.8, 4) is 6.07 Å². The van der Waals surface area contributed by atoms with Crippen LogP contribution in [-0.2, 0) is 16.2 Å². The van der Waals surface area contributed by atoms with Crippen molar-refractivity contribution in [3.63, 3.8) is 0 Å². The number of ether oxygens (including phenoxy) is 1. The van der Waals surface area contributed by atoms with Gasteiger partial charge in [-0.3, -0.25) is 0 Å². The van der Waals surface area contributed by atoms with E-state index in [1.807, 2.05) is 0 Å². The lowest BCUT2D eigenvalue weighted by molar-refractivity contribution is -0.137. The summed E-state index contributed by atoms with van der Waals surface area (Å²) in [6.45, 7) is 1.61. The van der Waals surface area contributed by atoms with E-state index in [2.05, 4.69) is 20.7 Å². The fourth-order valence-corrected chi connectivity index (χ4v) is 1.94. The highest BCUT2D eigenvalue weighted by molar-refractivity contribution is 9.08. The number of esters is 1. The van der Waals surface area contributed by atoms with E-state index in [1.165, 1.54) is 12.1 Å². The fourth-order valence-electron chi connectivity index (χ4n) is 1.50. The molecule has 0 aliphatic rings. The highest BCUT2D eigenvalue weighted by Gasteiger charge is 2.35. The summed E-state index contributed by atoms with van der Waals surface area (Å²) in [7, 11) is 0. The fraction of sp³-hybridized carbons (Fsp3) is 0.333. The van der Waals surface area contributed by atoms with Crippen molar-refractivity contribution >= 4 is 21.9 Å². The van der Waals surface area contributed by atoms with Gasteiger partial charge in [0.05, 0.1) is 23.3 Å². The quantitative estimate of drug-likeness (QED) is 0.625. The molecule has 0 aliphatic heterocycles. The minimum absolute atomic E-state index is 0.0339. The molecule has 0 aromatic heterocycles. The Hall–Kier alpha value is -1.55. The van der Waals surface area contributed by atoms with Gasteiger partial charge in [-0.05, 0) is 24.6 Å². The maximum atomic E-state index is 12.9. The van der Waals surface area contributed by atoms with E-state index < -0.39 is 23.3 Å². The van der Waals surface area contributed by atoms with Gasteiger partial charge in [0.15, 0.2) is 0 Å². The van der Waals surface area contributed by atoms with Gasteiger partial charge in [0.25, 0.3) is 0 Å². The zero-order valence-electron chi connectivity index (χ0n) is 9.84. The zero-order chi connectivity index (χ0) is 14.6. The summed E-state index contributed by atoms with van der Waals surface area (Å²) in [5.74, 6) is -0.848. The first kappa shape index (κ1) is 15.5. The molecule has 3 nitrogen and oxygen atoms in total. The Morgan fingerprint density at radius 1 is 1.47 bits per heavy atom. The van der Waals surface area contributed by atoms with Crippen LogP contribution in [0.5, 0.6) is 0 Å². The number of carbonyl (C=O) groups is 1. The van der Waals surface area contributed by atoms with Crippen molar-refractivity contribution in [3.05, 3.63) is 34.4 Å². The van der Waals surface area contributed by atoms with Crippen molar-refractivity contribution in [2.45, 2.75) is 18.4 Å². The monoisotopic (exact) mass is 335 g/mol. The SMILES string of the molecule is CCOC(=O)c1cc(CBr)c(C#N)c(C(F)(F)F)c1. The molecule has 0 atom stereocenters. The first-order chi connectivity index (χ1) is 8.85. The second-order valence-electron chi connectivity index (χ2n) is 3.52. The molecule has 102 valence electrons. The molecule has 1 aromatic rings. The number of hydrogen-bond acceptors (Lipinski definition) is 3. The van der Waals surface area contributed by atoms with Crippen LogP contribution in [0.2, 0.25) is 0 Å². The molecule has 7 heteroatoms. The van der Waals surface area contributed by atoms with Gasteiger partial charge < -0.3 is 4.74 Å². The van der Waals surface area contributed by atoms with Crippen molar-refractivity contribution < 1.29 is 22.7 Å².